The monoisotopic (exact) mass is 333 g/mol. The second kappa shape index (κ2) is 5.06. The minimum Gasteiger partial charge on any atom is -0.339 e. The van der Waals surface area contributed by atoms with Gasteiger partial charge in [-0.1, -0.05) is 22.0 Å². The summed E-state index contributed by atoms with van der Waals surface area (Å²) < 4.78 is 0.986. The Hall–Kier alpha value is -2.19. The molecule has 20 heavy (non-hydrogen) atoms. The molecule has 0 fully saturated rings. The second-order valence-corrected chi connectivity index (χ2v) is 5.17. The minimum absolute atomic E-state index is 0.317. The number of aromatic nitrogens is 4. The molecule has 2 aromatic heterocycles. The van der Waals surface area contributed by atoms with Crippen LogP contribution >= 0.6 is 15.9 Å². The zero-order chi connectivity index (χ0) is 14.1. The summed E-state index contributed by atoms with van der Waals surface area (Å²) in [5.41, 5.74) is 5.11. The van der Waals surface area contributed by atoms with Gasteiger partial charge in [-0.3, -0.25) is 10.5 Å². The van der Waals surface area contributed by atoms with Gasteiger partial charge in [0.15, 0.2) is 5.65 Å². The minimum atomic E-state index is 0.317. The highest BCUT2D eigenvalue weighted by molar-refractivity contribution is 9.10. The van der Waals surface area contributed by atoms with E-state index in [0.717, 1.165) is 21.1 Å². The molecule has 0 atom stereocenters. The number of hydrogen-bond donors (Lipinski definition) is 4. The second-order valence-electron chi connectivity index (χ2n) is 4.26. The zero-order valence-corrected chi connectivity index (χ0v) is 12.2. The predicted molar refractivity (Wildman–Crippen MR) is 81.7 cm³/mol. The van der Waals surface area contributed by atoms with E-state index in [1.165, 1.54) is 0 Å². The summed E-state index contributed by atoms with van der Waals surface area (Å²) in [5.74, 6) is 6.33. The Morgan fingerprint density at radius 3 is 2.95 bits per heavy atom. The van der Waals surface area contributed by atoms with Crippen LogP contribution in [0.25, 0.3) is 11.0 Å². The average molecular weight is 334 g/mol. The lowest BCUT2D eigenvalue weighted by Gasteiger charge is -2.11. The first-order valence-corrected chi connectivity index (χ1v) is 6.67. The number of nitrogen functional groups attached to an aromatic ring is 1. The van der Waals surface area contributed by atoms with Crippen molar-refractivity contribution in [1.29, 1.82) is 0 Å². The summed E-state index contributed by atoms with van der Waals surface area (Å²) in [6.07, 6.45) is 1.67. The van der Waals surface area contributed by atoms with Crippen LogP contribution in [-0.4, -0.2) is 20.2 Å². The van der Waals surface area contributed by atoms with Crippen molar-refractivity contribution < 1.29 is 0 Å². The predicted octanol–water partition coefficient (Wildman–Crippen LogP) is 2.45. The number of benzene rings is 1. The van der Waals surface area contributed by atoms with Gasteiger partial charge in [-0.25, -0.2) is 5.84 Å². The molecule has 102 valence electrons. The van der Waals surface area contributed by atoms with Crippen LogP contribution in [0.1, 0.15) is 5.56 Å². The van der Waals surface area contributed by atoms with Gasteiger partial charge in [-0.05, 0) is 24.6 Å². The molecule has 0 aliphatic carbocycles. The summed E-state index contributed by atoms with van der Waals surface area (Å²) in [6, 6.07) is 5.99. The van der Waals surface area contributed by atoms with E-state index in [1.807, 2.05) is 25.1 Å². The number of fused-ring (bicyclic) bond motifs is 1. The number of hydrogen-bond acceptors (Lipinski definition) is 6. The van der Waals surface area contributed by atoms with E-state index in [9.17, 15) is 0 Å². The highest BCUT2D eigenvalue weighted by Crippen LogP contribution is 2.27. The van der Waals surface area contributed by atoms with E-state index in [4.69, 9.17) is 5.84 Å². The lowest BCUT2D eigenvalue weighted by molar-refractivity contribution is 1.08. The number of hydrazine groups is 1. The Balaban J connectivity index is 2.09. The number of aromatic amines is 1. The van der Waals surface area contributed by atoms with Crippen LogP contribution < -0.4 is 16.6 Å². The SMILES string of the molecule is Cc1ccc(Br)cc1Nc1nc(NN)nc2[nH]ncc12. The molecule has 0 bridgehead atoms. The van der Waals surface area contributed by atoms with Crippen molar-refractivity contribution >= 4 is 44.4 Å². The lowest BCUT2D eigenvalue weighted by atomic mass is 10.2. The molecule has 0 saturated heterocycles. The largest absolute Gasteiger partial charge is 0.339 e. The Morgan fingerprint density at radius 2 is 2.15 bits per heavy atom. The number of H-pyrrole nitrogens is 1. The first-order valence-electron chi connectivity index (χ1n) is 5.88. The van der Waals surface area contributed by atoms with Gasteiger partial charge in [0, 0.05) is 10.2 Å². The molecule has 3 rings (SSSR count). The molecule has 0 unspecified atom stereocenters. The fraction of sp³-hybridized carbons (Fsp3) is 0.0833. The molecule has 0 amide bonds. The molecule has 1 aromatic carbocycles. The van der Waals surface area contributed by atoms with Gasteiger partial charge in [-0.2, -0.15) is 15.1 Å². The maximum Gasteiger partial charge on any atom is 0.241 e. The van der Waals surface area contributed by atoms with Gasteiger partial charge < -0.3 is 5.32 Å². The molecule has 0 spiro atoms. The van der Waals surface area contributed by atoms with Gasteiger partial charge in [0.05, 0.1) is 11.6 Å². The van der Waals surface area contributed by atoms with Gasteiger partial charge in [0.25, 0.3) is 0 Å². The van der Waals surface area contributed by atoms with Crippen molar-refractivity contribution in [3.63, 3.8) is 0 Å². The standard InChI is InChI=1S/C12H12BrN7/c1-6-2-3-7(13)4-9(6)16-10-8-5-15-20-11(8)18-12(17-10)19-14/h2-5H,14H2,1H3,(H3,15,16,17,18,19,20). The molecular formula is C12H12BrN7. The van der Waals surface area contributed by atoms with Crippen LogP contribution in [-0.2, 0) is 0 Å². The van der Waals surface area contributed by atoms with E-state index in [-0.39, 0.29) is 0 Å². The number of aryl methyl sites for hydroxylation is 1. The van der Waals surface area contributed by atoms with E-state index >= 15 is 0 Å². The number of nitrogens with one attached hydrogen (secondary N) is 3. The zero-order valence-electron chi connectivity index (χ0n) is 10.6. The number of nitrogens with zero attached hydrogens (tertiary/aromatic N) is 3. The van der Waals surface area contributed by atoms with E-state index in [2.05, 4.69) is 46.8 Å². The van der Waals surface area contributed by atoms with Crippen molar-refractivity contribution in [2.24, 2.45) is 5.84 Å². The van der Waals surface area contributed by atoms with E-state index in [0.29, 0.717) is 17.4 Å². The normalized spacial score (nSPS) is 10.8. The maximum absolute atomic E-state index is 5.38. The molecular weight excluding hydrogens is 322 g/mol. The third kappa shape index (κ3) is 2.30. The van der Waals surface area contributed by atoms with Crippen molar-refractivity contribution in [2.45, 2.75) is 6.92 Å². The van der Waals surface area contributed by atoms with Crippen LogP contribution in [0, 0.1) is 6.92 Å². The molecule has 2 heterocycles. The highest BCUT2D eigenvalue weighted by atomic mass is 79.9. The van der Waals surface area contributed by atoms with Crippen molar-refractivity contribution in [2.75, 3.05) is 10.7 Å². The Morgan fingerprint density at radius 1 is 1.30 bits per heavy atom. The van der Waals surface area contributed by atoms with Crippen LogP contribution in [0.15, 0.2) is 28.9 Å². The van der Waals surface area contributed by atoms with Crippen molar-refractivity contribution in [1.82, 2.24) is 20.2 Å². The topological polar surface area (TPSA) is 105 Å². The van der Waals surface area contributed by atoms with Gasteiger partial charge >= 0.3 is 0 Å². The first-order chi connectivity index (χ1) is 9.67. The quantitative estimate of drug-likeness (QED) is 0.433. The molecule has 3 aromatic rings. The summed E-state index contributed by atoms with van der Waals surface area (Å²) in [6.45, 7) is 2.02. The summed E-state index contributed by atoms with van der Waals surface area (Å²) in [7, 11) is 0. The van der Waals surface area contributed by atoms with E-state index in [1.54, 1.807) is 6.20 Å². The van der Waals surface area contributed by atoms with Crippen molar-refractivity contribution in [3.8, 4) is 0 Å². The Labute approximate surface area is 123 Å². The smallest absolute Gasteiger partial charge is 0.241 e. The number of rotatable bonds is 3. The number of halogens is 1. The highest BCUT2D eigenvalue weighted by Gasteiger charge is 2.10. The molecule has 0 radical (unpaired) electrons. The van der Waals surface area contributed by atoms with Crippen LogP contribution in [0.3, 0.4) is 0 Å². The van der Waals surface area contributed by atoms with Crippen LogP contribution in [0.2, 0.25) is 0 Å². The van der Waals surface area contributed by atoms with E-state index < -0.39 is 0 Å². The molecule has 0 aliphatic rings. The summed E-state index contributed by atoms with van der Waals surface area (Å²) in [5, 5.41) is 10.8. The molecule has 5 N–H and O–H groups in total. The third-order valence-electron chi connectivity index (χ3n) is 2.89. The fourth-order valence-corrected chi connectivity index (χ4v) is 2.21. The first kappa shape index (κ1) is 12.8. The molecule has 7 nitrogen and oxygen atoms in total. The fourth-order valence-electron chi connectivity index (χ4n) is 1.85. The maximum atomic E-state index is 5.38. The molecule has 0 saturated carbocycles. The van der Waals surface area contributed by atoms with Gasteiger partial charge in [0.2, 0.25) is 5.95 Å². The number of nitrogens with two attached hydrogens (primary N) is 1. The average Bonchev–Trinajstić information content (AvgIpc) is 2.91. The molecule has 8 heteroatoms. The molecule has 0 aliphatic heterocycles. The van der Waals surface area contributed by atoms with Crippen LogP contribution in [0.4, 0.5) is 17.5 Å². The Kier molecular flexibility index (Phi) is 3.25. The third-order valence-corrected chi connectivity index (χ3v) is 3.38. The van der Waals surface area contributed by atoms with Crippen molar-refractivity contribution in [3.05, 3.63) is 34.4 Å². The number of anilines is 3. The summed E-state index contributed by atoms with van der Waals surface area (Å²) in [4.78, 5) is 8.51. The van der Waals surface area contributed by atoms with Gasteiger partial charge in [0.1, 0.15) is 5.82 Å². The van der Waals surface area contributed by atoms with Crippen LogP contribution in [0.5, 0.6) is 0 Å². The summed E-state index contributed by atoms with van der Waals surface area (Å²) >= 11 is 3.46. The van der Waals surface area contributed by atoms with Gasteiger partial charge in [-0.15, -0.1) is 0 Å². The Bertz CT molecular complexity index is 768. The lowest BCUT2D eigenvalue weighted by Crippen LogP contribution is -2.11.